The minimum atomic E-state index is -0.467. The van der Waals surface area contributed by atoms with Gasteiger partial charge in [-0.15, -0.1) is 0 Å². The van der Waals surface area contributed by atoms with Gasteiger partial charge in [0.05, 0.1) is 12.7 Å². The number of hydrogen-bond donors (Lipinski definition) is 3. The van der Waals surface area contributed by atoms with Crippen LogP contribution in [0.4, 0.5) is 0 Å². The maximum absolute atomic E-state index is 11.2. The summed E-state index contributed by atoms with van der Waals surface area (Å²) in [5.74, 6) is 0. The van der Waals surface area contributed by atoms with Crippen molar-refractivity contribution in [1.82, 2.24) is 5.32 Å². The van der Waals surface area contributed by atoms with Crippen LogP contribution in [-0.2, 0) is 0 Å². The van der Waals surface area contributed by atoms with Gasteiger partial charge in [-0.25, -0.2) is 0 Å². The molecule has 3 nitrogen and oxygen atoms in total. The predicted octanol–water partition coefficient (Wildman–Crippen LogP) is 4.22. The molecule has 2 atom stereocenters. The minimum Gasteiger partial charge on any atom is -0.395 e. The third-order valence-electron chi connectivity index (χ3n) is 4.41. The van der Waals surface area contributed by atoms with Crippen LogP contribution < -0.4 is 5.32 Å². The average Bonchev–Trinajstić information content (AvgIpc) is 2.21. The molecule has 0 aliphatic rings. The highest BCUT2D eigenvalue weighted by Gasteiger charge is 2.44. The Morgan fingerprint density at radius 1 is 0.739 bits per heavy atom. The highest BCUT2D eigenvalue weighted by molar-refractivity contribution is 4.98. The molecule has 0 saturated carbocycles. The van der Waals surface area contributed by atoms with E-state index in [9.17, 15) is 10.2 Å². The van der Waals surface area contributed by atoms with Gasteiger partial charge >= 0.3 is 0 Å². The maximum Gasteiger partial charge on any atom is 0.0749 e. The quantitative estimate of drug-likeness (QED) is 0.625. The van der Waals surface area contributed by atoms with Crippen LogP contribution in [0.25, 0.3) is 0 Å². The molecule has 0 aromatic carbocycles. The molecule has 0 radical (unpaired) electrons. The molecule has 0 rings (SSSR count). The third kappa shape index (κ3) is 8.51. The van der Waals surface area contributed by atoms with Crippen molar-refractivity contribution in [1.29, 1.82) is 0 Å². The molecule has 0 saturated heterocycles. The predicted molar refractivity (Wildman–Crippen MR) is 101 cm³/mol. The Morgan fingerprint density at radius 3 is 1.48 bits per heavy atom. The first-order valence-corrected chi connectivity index (χ1v) is 9.04. The first kappa shape index (κ1) is 22.9. The van der Waals surface area contributed by atoms with E-state index in [-0.39, 0.29) is 34.3 Å². The van der Waals surface area contributed by atoms with Gasteiger partial charge in [0, 0.05) is 12.6 Å². The van der Waals surface area contributed by atoms with E-state index in [2.05, 4.69) is 74.6 Å². The van der Waals surface area contributed by atoms with Crippen molar-refractivity contribution in [2.24, 2.45) is 21.7 Å². The molecule has 2 unspecified atom stereocenters. The van der Waals surface area contributed by atoms with Crippen molar-refractivity contribution in [3.05, 3.63) is 0 Å². The molecule has 3 N–H and O–H groups in total. The van der Waals surface area contributed by atoms with Crippen LogP contribution in [0, 0.1) is 21.7 Å². The minimum absolute atomic E-state index is 0.0498. The number of aliphatic hydroxyl groups excluding tert-OH is 2. The van der Waals surface area contributed by atoms with Crippen molar-refractivity contribution < 1.29 is 10.2 Å². The van der Waals surface area contributed by atoms with E-state index < -0.39 is 6.10 Å². The average molecular weight is 330 g/mol. The molecule has 0 heterocycles. The lowest BCUT2D eigenvalue weighted by Crippen LogP contribution is -2.57. The van der Waals surface area contributed by atoms with E-state index in [1.54, 1.807) is 0 Å². The fraction of sp³-hybridized carbons (Fsp3) is 1.00. The Balaban J connectivity index is 5.44. The maximum atomic E-state index is 11.2. The molecule has 0 amide bonds. The molecular formula is C20H43NO2. The first-order chi connectivity index (χ1) is 10.0. The van der Waals surface area contributed by atoms with Gasteiger partial charge in [0.15, 0.2) is 0 Å². The van der Waals surface area contributed by atoms with Gasteiger partial charge in [-0.3, -0.25) is 0 Å². The van der Waals surface area contributed by atoms with Crippen LogP contribution in [0.5, 0.6) is 0 Å². The van der Waals surface area contributed by atoms with Gasteiger partial charge in [-0.1, -0.05) is 69.2 Å². The molecule has 0 aromatic rings. The Labute approximate surface area is 145 Å². The molecule has 0 fully saturated rings. The zero-order chi connectivity index (χ0) is 18.7. The zero-order valence-electron chi connectivity index (χ0n) is 17.4. The van der Waals surface area contributed by atoms with Crippen molar-refractivity contribution in [2.45, 2.75) is 94.2 Å². The van der Waals surface area contributed by atoms with E-state index >= 15 is 0 Å². The number of aliphatic hydroxyl groups is 2. The molecule has 0 bridgehead atoms. The lowest BCUT2D eigenvalue weighted by atomic mass is 9.64. The van der Waals surface area contributed by atoms with Gasteiger partial charge in [-0.2, -0.15) is 0 Å². The normalized spacial score (nSPS) is 17.2. The molecule has 0 aliphatic heterocycles. The van der Waals surface area contributed by atoms with E-state index in [0.717, 1.165) is 12.8 Å². The molecule has 23 heavy (non-hydrogen) atoms. The second kappa shape index (κ2) is 7.84. The van der Waals surface area contributed by atoms with Crippen molar-refractivity contribution in [3.8, 4) is 0 Å². The molecular weight excluding hydrogens is 286 g/mol. The second-order valence-electron chi connectivity index (χ2n) is 11.1. The summed E-state index contributed by atoms with van der Waals surface area (Å²) in [6.07, 6.45) is 1.49. The summed E-state index contributed by atoms with van der Waals surface area (Å²) in [7, 11) is 0. The van der Waals surface area contributed by atoms with E-state index in [4.69, 9.17) is 0 Å². The zero-order valence-corrected chi connectivity index (χ0v) is 17.4. The fourth-order valence-corrected chi connectivity index (χ4v) is 4.43. The molecule has 3 heteroatoms. The summed E-state index contributed by atoms with van der Waals surface area (Å²) in [5, 5.41) is 23.9. The van der Waals surface area contributed by atoms with Crippen LogP contribution in [0.1, 0.15) is 82.1 Å². The Morgan fingerprint density at radius 2 is 1.13 bits per heavy atom. The summed E-state index contributed by atoms with van der Waals surface area (Å²) < 4.78 is 0. The van der Waals surface area contributed by atoms with Crippen molar-refractivity contribution in [2.75, 3.05) is 13.2 Å². The molecule has 140 valence electrons. The second-order valence-corrected chi connectivity index (χ2v) is 11.1. The van der Waals surface area contributed by atoms with Crippen molar-refractivity contribution >= 4 is 0 Å². The number of hydrogen-bond acceptors (Lipinski definition) is 3. The van der Waals surface area contributed by atoms with Gasteiger partial charge in [0.25, 0.3) is 0 Å². The molecule has 0 spiro atoms. The third-order valence-corrected chi connectivity index (χ3v) is 4.41. The topological polar surface area (TPSA) is 52.5 Å². The van der Waals surface area contributed by atoms with Gasteiger partial charge < -0.3 is 15.5 Å². The lowest BCUT2D eigenvalue weighted by Gasteiger charge is -2.47. The summed E-state index contributed by atoms with van der Waals surface area (Å²) in [6, 6.07) is -0.0498. The van der Waals surface area contributed by atoms with E-state index in [0.29, 0.717) is 6.54 Å². The van der Waals surface area contributed by atoms with Gasteiger partial charge in [-0.05, 0) is 34.5 Å². The Kier molecular flexibility index (Phi) is 7.80. The summed E-state index contributed by atoms with van der Waals surface area (Å²) in [4.78, 5) is 0. The monoisotopic (exact) mass is 329 g/mol. The summed E-state index contributed by atoms with van der Waals surface area (Å²) >= 11 is 0. The molecule has 0 aromatic heterocycles. The Bertz CT molecular complexity index is 348. The first-order valence-electron chi connectivity index (χ1n) is 9.04. The smallest absolute Gasteiger partial charge is 0.0749 e. The summed E-state index contributed by atoms with van der Waals surface area (Å²) in [6.45, 7) is 22.8. The van der Waals surface area contributed by atoms with Crippen LogP contribution >= 0.6 is 0 Å². The SMILES string of the molecule is CC(C)(C)CC(C)(C)C(O)C(NCCO)C(C)(C)CC(C)(C)C. The van der Waals surface area contributed by atoms with Gasteiger partial charge in [0.1, 0.15) is 0 Å². The number of rotatable bonds is 8. The highest BCUT2D eigenvalue weighted by Crippen LogP contribution is 2.43. The van der Waals surface area contributed by atoms with E-state index in [1.807, 2.05) is 0 Å². The standard InChI is InChI=1S/C20H43NO2/c1-17(2,3)13-19(7,8)15(21-11-12-22)16(23)20(9,10)14-18(4,5)6/h15-16,21-23H,11-14H2,1-10H3. The fourth-order valence-electron chi connectivity index (χ4n) is 4.43. The van der Waals surface area contributed by atoms with Gasteiger partial charge in [0.2, 0.25) is 0 Å². The van der Waals surface area contributed by atoms with Crippen LogP contribution in [0.3, 0.4) is 0 Å². The van der Waals surface area contributed by atoms with E-state index in [1.165, 1.54) is 0 Å². The number of nitrogens with one attached hydrogen (secondary N) is 1. The highest BCUT2D eigenvalue weighted by atomic mass is 16.3. The molecule has 0 aliphatic carbocycles. The lowest BCUT2D eigenvalue weighted by molar-refractivity contribution is -0.0464. The largest absolute Gasteiger partial charge is 0.395 e. The summed E-state index contributed by atoms with van der Waals surface area (Å²) in [5.41, 5.74) is 0.0965. The van der Waals surface area contributed by atoms with Crippen LogP contribution in [-0.4, -0.2) is 35.5 Å². The van der Waals surface area contributed by atoms with Crippen molar-refractivity contribution in [3.63, 3.8) is 0 Å². The van der Waals surface area contributed by atoms with Crippen LogP contribution in [0.2, 0.25) is 0 Å². The van der Waals surface area contributed by atoms with Crippen LogP contribution in [0.15, 0.2) is 0 Å². The Hall–Kier alpha value is -0.120.